The summed E-state index contributed by atoms with van der Waals surface area (Å²) in [5.41, 5.74) is 4.14. The van der Waals surface area contributed by atoms with Crippen molar-refractivity contribution in [1.29, 1.82) is 0 Å². The smallest absolute Gasteiger partial charge is 0.261 e. The molecule has 1 saturated carbocycles. The SMILES string of the molecule is CC1C/C=C/C(O)C2CCC2CN2CC3(CCCc4cc(Cl)ccc43)COc3ccc(cc32)C(=O)NSC1C.CCCOC. The van der Waals surface area contributed by atoms with Crippen LogP contribution in [0.5, 0.6) is 5.75 Å². The zero-order chi connectivity index (χ0) is 31.3. The van der Waals surface area contributed by atoms with Gasteiger partial charge < -0.3 is 19.5 Å². The Labute approximate surface area is 273 Å². The number of halogens is 1. The van der Waals surface area contributed by atoms with E-state index >= 15 is 0 Å². The number of allylic oxidation sites excluding steroid dienone is 1. The van der Waals surface area contributed by atoms with Crippen LogP contribution in [0.3, 0.4) is 0 Å². The largest absolute Gasteiger partial charge is 0.490 e. The third-order valence-corrected chi connectivity index (χ3v) is 11.4. The van der Waals surface area contributed by atoms with Gasteiger partial charge >= 0.3 is 0 Å². The first-order chi connectivity index (χ1) is 21.2. The van der Waals surface area contributed by atoms with Gasteiger partial charge in [-0.3, -0.25) is 9.52 Å². The minimum atomic E-state index is -0.424. The maximum atomic E-state index is 13.2. The second kappa shape index (κ2) is 14.9. The standard InChI is InChI=1S/C32H39ClN2O3S.C4H10O/c1-20-5-3-7-29(36)26-11-8-24(26)17-35-18-32(14-4-6-22-15-25(33)10-12-27(22)32)19-38-30-13-9-23(16-28(30)35)31(37)34-39-21(20)2;1-3-4-5-2/h3,7,9-10,12-13,15-16,20-21,24,26,29,36H,4-6,8,11,14,17-19H2,1-2H3,(H,34,37);3-4H2,1-2H3/b7-3+;. The molecule has 0 saturated heterocycles. The topological polar surface area (TPSA) is 71.0 Å². The molecular formula is C36H49ClN2O4S. The molecular weight excluding hydrogens is 592 g/mol. The van der Waals surface area contributed by atoms with E-state index in [2.05, 4.69) is 48.6 Å². The summed E-state index contributed by atoms with van der Waals surface area (Å²) < 4.78 is 14.4. The molecule has 2 aliphatic carbocycles. The molecule has 240 valence electrons. The molecule has 1 amide bonds. The van der Waals surface area contributed by atoms with E-state index in [9.17, 15) is 9.90 Å². The van der Waals surface area contributed by atoms with Crippen molar-refractivity contribution in [3.05, 3.63) is 70.3 Å². The quantitative estimate of drug-likeness (QED) is 0.260. The molecule has 0 radical (unpaired) electrons. The lowest BCUT2D eigenvalue weighted by Crippen LogP contribution is -2.49. The Balaban J connectivity index is 0.000000712. The highest BCUT2D eigenvalue weighted by Gasteiger charge is 2.44. The van der Waals surface area contributed by atoms with Crippen LogP contribution < -0.4 is 14.4 Å². The minimum Gasteiger partial charge on any atom is -0.490 e. The van der Waals surface area contributed by atoms with E-state index < -0.39 is 6.10 Å². The van der Waals surface area contributed by atoms with Crippen LogP contribution in [-0.4, -0.2) is 55.8 Å². The normalized spacial score (nSPS) is 30.7. The van der Waals surface area contributed by atoms with E-state index in [1.165, 1.54) is 23.1 Å². The van der Waals surface area contributed by atoms with Crippen molar-refractivity contribution in [1.82, 2.24) is 4.72 Å². The van der Waals surface area contributed by atoms with E-state index in [-0.39, 0.29) is 22.5 Å². The van der Waals surface area contributed by atoms with Crippen LogP contribution in [0.15, 0.2) is 48.6 Å². The Bertz CT molecular complexity index is 1320. The first-order valence-corrected chi connectivity index (χ1v) is 17.6. The molecule has 6 nitrogen and oxygen atoms in total. The number of anilines is 1. The van der Waals surface area contributed by atoms with E-state index in [1.54, 1.807) is 7.11 Å². The van der Waals surface area contributed by atoms with Gasteiger partial charge in [0.1, 0.15) is 5.75 Å². The summed E-state index contributed by atoms with van der Waals surface area (Å²) in [4.78, 5) is 15.7. The highest BCUT2D eigenvalue weighted by Crippen LogP contribution is 2.46. The van der Waals surface area contributed by atoms with Crippen molar-refractivity contribution in [2.45, 2.75) is 82.5 Å². The molecule has 2 N–H and O–H groups in total. The number of methoxy groups -OCH3 is 1. The molecule has 8 heteroatoms. The van der Waals surface area contributed by atoms with Crippen LogP contribution in [0.25, 0.3) is 0 Å². The van der Waals surface area contributed by atoms with Crippen LogP contribution in [0.2, 0.25) is 5.02 Å². The number of aryl methyl sites for hydroxylation is 1. The van der Waals surface area contributed by atoms with Gasteiger partial charge in [0.05, 0.1) is 18.4 Å². The molecule has 44 heavy (non-hydrogen) atoms. The third-order valence-electron chi connectivity index (χ3n) is 10.1. The zero-order valence-electron chi connectivity index (χ0n) is 26.7. The first-order valence-electron chi connectivity index (χ1n) is 16.3. The highest BCUT2D eigenvalue weighted by molar-refractivity contribution is 7.98. The predicted molar refractivity (Wildman–Crippen MR) is 182 cm³/mol. The fourth-order valence-corrected chi connectivity index (χ4v) is 8.05. The van der Waals surface area contributed by atoms with Crippen LogP contribution in [0.1, 0.15) is 80.8 Å². The fourth-order valence-electron chi connectivity index (χ4n) is 7.10. The number of aliphatic hydroxyl groups is 1. The van der Waals surface area contributed by atoms with Crippen molar-refractivity contribution < 1.29 is 19.4 Å². The summed E-state index contributed by atoms with van der Waals surface area (Å²) >= 11 is 7.88. The predicted octanol–water partition coefficient (Wildman–Crippen LogP) is 7.61. The number of nitrogens with one attached hydrogen (secondary N) is 1. The number of hydrogen-bond donors (Lipinski definition) is 2. The number of nitrogens with zero attached hydrogens (tertiary/aromatic N) is 1. The maximum Gasteiger partial charge on any atom is 0.261 e. The molecule has 2 aliphatic heterocycles. The van der Waals surface area contributed by atoms with Gasteiger partial charge in [0.2, 0.25) is 0 Å². The second-order valence-electron chi connectivity index (χ2n) is 13.2. The number of benzene rings is 2. The van der Waals surface area contributed by atoms with Crippen LogP contribution in [0, 0.1) is 17.8 Å². The first kappa shape index (κ1) is 33.2. The summed E-state index contributed by atoms with van der Waals surface area (Å²) in [5.74, 6) is 1.78. The van der Waals surface area contributed by atoms with Crippen LogP contribution >= 0.6 is 23.5 Å². The zero-order valence-corrected chi connectivity index (χ0v) is 28.3. The molecule has 2 aromatic carbocycles. The van der Waals surface area contributed by atoms with Gasteiger partial charge in [0.25, 0.3) is 5.91 Å². The lowest BCUT2D eigenvalue weighted by atomic mass is 9.68. The molecule has 6 unspecified atom stereocenters. The monoisotopic (exact) mass is 640 g/mol. The number of aliphatic hydroxyl groups excluding tert-OH is 1. The van der Waals surface area contributed by atoms with Crippen molar-refractivity contribution in [3.63, 3.8) is 0 Å². The van der Waals surface area contributed by atoms with Gasteiger partial charge in [-0.25, -0.2) is 0 Å². The fraction of sp³-hybridized carbons (Fsp3) is 0.583. The Kier molecular flexibility index (Phi) is 11.3. The molecule has 0 aromatic heterocycles. The second-order valence-corrected chi connectivity index (χ2v) is 14.8. The number of hydrogen-bond acceptors (Lipinski definition) is 6. The summed E-state index contributed by atoms with van der Waals surface area (Å²) in [5, 5.41) is 12.1. The Morgan fingerprint density at radius 3 is 2.77 bits per heavy atom. The van der Waals surface area contributed by atoms with Crippen LogP contribution in [-0.2, 0) is 16.6 Å². The van der Waals surface area contributed by atoms with Crippen molar-refractivity contribution in [2.75, 3.05) is 38.3 Å². The molecule has 2 aromatic rings. The summed E-state index contributed by atoms with van der Waals surface area (Å²) in [7, 11) is 1.71. The highest BCUT2D eigenvalue weighted by atomic mass is 35.5. The average Bonchev–Trinajstić information content (AvgIpc) is 3.15. The van der Waals surface area contributed by atoms with Crippen molar-refractivity contribution in [2.24, 2.45) is 17.8 Å². The lowest BCUT2D eigenvalue weighted by Gasteiger charge is -2.45. The lowest BCUT2D eigenvalue weighted by molar-refractivity contribution is 0.0456. The number of rotatable bonds is 2. The summed E-state index contributed by atoms with van der Waals surface area (Å²) in [6.07, 6.45) is 11.0. The number of ether oxygens (including phenoxy) is 2. The van der Waals surface area contributed by atoms with Crippen molar-refractivity contribution >= 4 is 35.1 Å². The van der Waals surface area contributed by atoms with Crippen molar-refractivity contribution in [3.8, 4) is 5.75 Å². The number of carbonyl (C=O) groups is 1. The molecule has 2 bridgehead atoms. The average molecular weight is 641 g/mol. The summed E-state index contributed by atoms with van der Waals surface area (Å²) in [6, 6.07) is 12.2. The van der Waals surface area contributed by atoms with E-state index in [0.717, 1.165) is 81.1 Å². The number of fused-ring (bicyclic) bond motifs is 4. The molecule has 2 heterocycles. The minimum absolute atomic E-state index is 0.0713. The number of carbonyl (C=O) groups excluding carboxylic acids is 1. The van der Waals surface area contributed by atoms with Gasteiger partial charge in [-0.2, -0.15) is 0 Å². The molecule has 1 fully saturated rings. The molecule has 1 spiro atoms. The van der Waals surface area contributed by atoms with E-state index in [0.29, 0.717) is 24.0 Å². The third kappa shape index (κ3) is 7.43. The molecule has 6 atom stereocenters. The number of amides is 1. The Morgan fingerprint density at radius 2 is 2.05 bits per heavy atom. The Hall–Kier alpha value is -2.19. The van der Waals surface area contributed by atoms with Gasteiger partial charge in [0, 0.05) is 48.1 Å². The van der Waals surface area contributed by atoms with E-state index in [1.807, 2.05) is 30.3 Å². The molecule has 6 rings (SSSR count). The summed E-state index contributed by atoms with van der Waals surface area (Å²) in [6.45, 7) is 9.57. The molecule has 4 aliphatic rings. The Morgan fingerprint density at radius 1 is 1.20 bits per heavy atom. The van der Waals surface area contributed by atoms with Gasteiger partial charge in [-0.15, -0.1) is 0 Å². The van der Waals surface area contributed by atoms with Gasteiger partial charge in [0.15, 0.2) is 0 Å². The van der Waals surface area contributed by atoms with E-state index in [4.69, 9.17) is 21.1 Å². The van der Waals surface area contributed by atoms with Crippen LogP contribution in [0.4, 0.5) is 5.69 Å². The maximum absolute atomic E-state index is 13.2. The van der Waals surface area contributed by atoms with Gasteiger partial charge in [-0.05, 0) is 116 Å². The van der Waals surface area contributed by atoms with Gasteiger partial charge in [-0.1, -0.05) is 50.6 Å².